The monoisotopic (exact) mass is 325 g/mol. The molecule has 0 atom stereocenters. The van der Waals surface area contributed by atoms with Gasteiger partial charge in [0, 0.05) is 28.7 Å². The SMILES string of the molecule is CCOC(=O)/C=C(\C)c1cc2cncc(Br)c2s1. The number of aromatic nitrogens is 1. The van der Waals surface area contributed by atoms with E-state index in [9.17, 15) is 4.79 Å². The predicted molar refractivity (Wildman–Crippen MR) is 77.6 cm³/mol. The molecule has 0 radical (unpaired) electrons. The van der Waals surface area contributed by atoms with Gasteiger partial charge < -0.3 is 4.74 Å². The molecule has 0 aromatic carbocycles. The molecule has 2 aromatic heterocycles. The molecular weight excluding hydrogens is 314 g/mol. The fourth-order valence-corrected chi connectivity index (χ4v) is 3.15. The number of nitrogens with zero attached hydrogens (tertiary/aromatic N) is 1. The Labute approximate surface area is 118 Å². The summed E-state index contributed by atoms with van der Waals surface area (Å²) in [6.07, 6.45) is 5.11. The van der Waals surface area contributed by atoms with Crippen LogP contribution in [-0.4, -0.2) is 17.6 Å². The molecule has 0 saturated carbocycles. The summed E-state index contributed by atoms with van der Waals surface area (Å²) < 4.78 is 7.01. The lowest BCUT2D eigenvalue weighted by molar-refractivity contribution is -0.137. The van der Waals surface area contributed by atoms with Gasteiger partial charge in [0.15, 0.2) is 0 Å². The van der Waals surface area contributed by atoms with Crippen LogP contribution in [0.2, 0.25) is 0 Å². The maximum absolute atomic E-state index is 11.4. The maximum atomic E-state index is 11.4. The number of pyridine rings is 1. The average Bonchev–Trinajstić information content (AvgIpc) is 2.74. The van der Waals surface area contributed by atoms with Crippen molar-refractivity contribution in [3.63, 3.8) is 0 Å². The summed E-state index contributed by atoms with van der Waals surface area (Å²) in [7, 11) is 0. The maximum Gasteiger partial charge on any atom is 0.331 e. The van der Waals surface area contributed by atoms with E-state index in [1.165, 1.54) is 6.08 Å². The largest absolute Gasteiger partial charge is 0.463 e. The van der Waals surface area contributed by atoms with Gasteiger partial charge in [-0.25, -0.2) is 4.79 Å². The zero-order valence-electron chi connectivity index (χ0n) is 10.1. The molecule has 0 N–H and O–H groups in total. The summed E-state index contributed by atoms with van der Waals surface area (Å²) in [6, 6.07) is 2.03. The average molecular weight is 326 g/mol. The second-order valence-corrected chi connectivity index (χ2v) is 5.64. The zero-order valence-corrected chi connectivity index (χ0v) is 12.5. The number of hydrogen-bond donors (Lipinski definition) is 0. The normalized spacial score (nSPS) is 11.8. The van der Waals surface area contributed by atoms with Crippen molar-refractivity contribution in [3.05, 3.63) is 33.9 Å². The van der Waals surface area contributed by atoms with Crippen molar-refractivity contribution in [3.8, 4) is 0 Å². The molecule has 0 aliphatic carbocycles. The Kier molecular flexibility index (Phi) is 4.14. The van der Waals surface area contributed by atoms with E-state index in [0.717, 1.165) is 25.0 Å². The van der Waals surface area contributed by atoms with Crippen molar-refractivity contribution in [2.75, 3.05) is 6.61 Å². The van der Waals surface area contributed by atoms with Crippen LogP contribution in [0.4, 0.5) is 0 Å². The first kappa shape index (κ1) is 13.2. The summed E-state index contributed by atoms with van der Waals surface area (Å²) >= 11 is 5.10. The molecule has 5 heteroatoms. The van der Waals surface area contributed by atoms with Crippen LogP contribution >= 0.6 is 27.3 Å². The molecule has 0 saturated heterocycles. The third-order valence-corrected chi connectivity index (χ3v) is 4.57. The molecule has 94 valence electrons. The number of ether oxygens (including phenoxy) is 1. The molecule has 0 spiro atoms. The number of fused-ring (bicyclic) bond motifs is 1. The summed E-state index contributed by atoms with van der Waals surface area (Å²) in [5.74, 6) is -0.301. The van der Waals surface area contributed by atoms with Crippen LogP contribution in [0, 0.1) is 0 Å². The first-order valence-corrected chi connectivity index (χ1v) is 7.11. The minimum atomic E-state index is -0.301. The number of rotatable bonds is 3. The number of carbonyl (C=O) groups is 1. The minimum Gasteiger partial charge on any atom is -0.463 e. The van der Waals surface area contributed by atoms with Gasteiger partial charge in [-0.15, -0.1) is 11.3 Å². The molecule has 18 heavy (non-hydrogen) atoms. The molecule has 0 aliphatic heterocycles. The Morgan fingerprint density at radius 1 is 1.56 bits per heavy atom. The lowest BCUT2D eigenvalue weighted by Crippen LogP contribution is -1.99. The van der Waals surface area contributed by atoms with Crippen molar-refractivity contribution < 1.29 is 9.53 Å². The molecule has 3 nitrogen and oxygen atoms in total. The Hall–Kier alpha value is -1.20. The number of hydrogen-bond acceptors (Lipinski definition) is 4. The van der Waals surface area contributed by atoms with Crippen LogP contribution in [0.1, 0.15) is 18.7 Å². The van der Waals surface area contributed by atoms with Crippen LogP contribution in [0.3, 0.4) is 0 Å². The van der Waals surface area contributed by atoms with Gasteiger partial charge in [-0.2, -0.15) is 0 Å². The second kappa shape index (κ2) is 5.63. The van der Waals surface area contributed by atoms with E-state index in [0.29, 0.717) is 6.61 Å². The Morgan fingerprint density at radius 2 is 2.33 bits per heavy atom. The van der Waals surface area contributed by atoms with Gasteiger partial charge in [0.25, 0.3) is 0 Å². The number of esters is 1. The zero-order chi connectivity index (χ0) is 13.1. The highest BCUT2D eigenvalue weighted by Gasteiger charge is 2.08. The summed E-state index contributed by atoms with van der Waals surface area (Å²) in [5.41, 5.74) is 0.904. The Balaban J connectivity index is 2.37. The third kappa shape index (κ3) is 2.79. The minimum absolute atomic E-state index is 0.301. The smallest absolute Gasteiger partial charge is 0.331 e. The third-order valence-electron chi connectivity index (χ3n) is 2.39. The summed E-state index contributed by atoms with van der Waals surface area (Å²) in [5, 5.41) is 1.07. The number of halogens is 1. The quantitative estimate of drug-likeness (QED) is 0.631. The van der Waals surface area contributed by atoms with E-state index in [1.54, 1.807) is 24.5 Å². The molecule has 2 heterocycles. The molecular formula is C13H12BrNO2S. The van der Waals surface area contributed by atoms with Gasteiger partial charge in [0.05, 0.1) is 15.8 Å². The molecule has 2 rings (SSSR count). The van der Waals surface area contributed by atoms with Crippen LogP contribution in [0.15, 0.2) is 29.0 Å². The van der Waals surface area contributed by atoms with E-state index in [1.807, 2.05) is 19.2 Å². The fraction of sp³-hybridized carbons (Fsp3) is 0.231. The van der Waals surface area contributed by atoms with Gasteiger partial charge in [-0.05, 0) is 41.4 Å². The Bertz CT molecular complexity index is 618. The van der Waals surface area contributed by atoms with Crippen molar-refractivity contribution in [1.29, 1.82) is 0 Å². The van der Waals surface area contributed by atoms with Crippen LogP contribution in [0.5, 0.6) is 0 Å². The lowest BCUT2D eigenvalue weighted by Gasteiger charge is -1.98. The van der Waals surface area contributed by atoms with E-state index < -0.39 is 0 Å². The number of allylic oxidation sites excluding steroid dienone is 1. The van der Waals surface area contributed by atoms with E-state index in [-0.39, 0.29) is 5.97 Å². The predicted octanol–water partition coefficient (Wildman–Crippen LogP) is 4.03. The summed E-state index contributed by atoms with van der Waals surface area (Å²) in [6.45, 7) is 4.09. The van der Waals surface area contributed by atoms with Crippen LogP contribution in [-0.2, 0) is 9.53 Å². The van der Waals surface area contributed by atoms with Gasteiger partial charge >= 0.3 is 5.97 Å². The van der Waals surface area contributed by atoms with Crippen LogP contribution in [0.25, 0.3) is 15.7 Å². The molecule has 2 aromatic rings. The van der Waals surface area contributed by atoms with Crippen molar-refractivity contribution >= 4 is 48.9 Å². The fourth-order valence-electron chi connectivity index (χ4n) is 1.56. The molecule has 0 aliphatic rings. The van der Waals surface area contributed by atoms with Crippen LogP contribution < -0.4 is 0 Å². The first-order chi connectivity index (χ1) is 8.61. The van der Waals surface area contributed by atoms with Crippen molar-refractivity contribution in [2.45, 2.75) is 13.8 Å². The van der Waals surface area contributed by atoms with Gasteiger partial charge in [0.2, 0.25) is 0 Å². The van der Waals surface area contributed by atoms with E-state index >= 15 is 0 Å². The van der Waals surface area contributed by atoms with Gasteiger partial charge in [-0.1, -0.05) is 0 Å². The van der Waals surface area contributed by atoms with Gasteiger partial charge in [0.1, 0.15) is 0 Å². The number of thiophene rings is 1. The summed E-state index contributed by atoms with van der Waals surface area (Å²) in [4.78, 5) is 16.6. The highest BCUT2D eigenvalue weighted by atomic mass is 79.9. The van der Waals surface area contributed by atoms with Crippen molar-refractivity contribution in [2.24, 2.45) is 0 Å². The lowest BCUT2D eigenvalue weighted by atomic mass is 10.2. The first-order valence-electron chi connectivity index (χ1n) is 5.50. The van der Waals surface area contributed by atoms with E-state index in [4.69, 9.17) is 4.74 Å². The molecule has 0 bridgehead atoms. The highest BCUT2D eigenvalue weighted by Crippen LogP contribution is 2.34. The molecule has 0 amide bonds. The van der Waals surface area contributed by atoms with E-state index in [2.05, 4.69) is 20.9 Å². The highest BCUT2D eigenvalue weighted by molar-refractivity contribution is 9.10. The topological polar surface area (TPSA) is 39.2 Å². The molecule has 0 fully saturated rings. The van der Waals surface area contributed by atoms with Crippen molar-refractivity contribution in [1.82, 2.24) is 4.98 Å². The second-order valence-electron chi connectivity index (χ2n) is 3.73. The molecule has 0 unspecified atom stereocenters. The number of carbonyl (C=O) groups excluding carboxylic acids is 1. The van der Waals surface area contributed by atoms with Gasteiger partial charge in [-0.3, -0.25) is 4.98 Å². The Morgan fingerprint density at radius 3 is 3.00 bits per heavy atom. The standard InChI is InChI=1S/C13H12BrNO2S/c1-3-17-12(16)4-8(2)11-5-9-6-15-7-10(14)13(9)18-11/h4-7H,3H2,1-2H3/b8-4+.